The van der Waals surface area contributed by atoms with E-state index in [1.807, 2.05) is 11.3 Å². The van der Waals surface area contributed by atoms with Crippen LogP contribution in [0, 0.1) is 5.92 Å². The number of likely N-dealkylation sites (N-methyl/N-ethyl adjacent to an activating group) is 1. The van der Waals surface area contributed by atoms with Gasteiger partial charge in [-0.3, -0.25) is 4.99 Å². The van der Waals surface area contributed by atoms with Crippen molar-refractivity contribution in [1.29, 1.82) is 0 Å². The largest absolute Gasteiger partial charge is 0.379 e. The molecule has 0 N–H and O–H groups in total. The third-order valence-corrected chi connectivity index (χ3v) is 6.30. The van der Waals surface area contributed by atoms with Gasteiger partial charge in [0.15, 0.2) is 0 Å². The summed E-state index contributed by atoms with van der Waals surface area (Å²) in [6.07, 6.45) is 2.32. The van der Waals surface area contributed by atoms with Gasteiger partial charge in [-0.25, -0.2) is 4.98 Å². The van der Waals surface area contributed by atoms with Crippen LogP contribution >= 0.6 is 11.3 Å². The molecule has 3 heterocycles. The van der Waals surface area contributed by atoms with Crippen molar-refractivity contribution in [2.75, 3.05) is 40.4 Å². The van der Waals surface area contributed by atoms with Crippen LogP contribution in [0.25, 0.3) is 10.2 Å². The highest BCUT2D eigenvalue weighted by Crippen LogP contribution is 2.38. The first-order valence-electron chi connectivity index (χ1n) is 8.73. The second-order valence-corrected chi connectivity index (χ2v) is 8.67. The standard InChI is InChI=1S/C19H25N3OS/c1-13-4-6-15(20-9-13)14-5-7-17-16(8-14)21-18(24-17)19(10-22(2)3)11-23-12-19/h5,7-8,13H,4,6,9-12H2,1-3H3/t13-/m0/s1. The summed E-state index contributed by atoms with van der Waals surface area (Å²) in [5.74, 6) is 0.716. The van der Waals surface area contributed by atoms with Gasteiger partial charge in [0.25, 0.3) is 0 Å². The summed E-state index contributed by atoms with van der Waals surface area (Å²) in [7, 11) is 4.24. The summed E-state index contributed by atoms with van der Waals surface area (Å²) in [6, 6.07) is 6.66. The predicted molar refractivity (Wildman–Crippen MR) is 100 cm³/mol. The minimum absolute atomic E-state index is 0.0745. The molecule has 0 spiro atoms. The Bertz CT molecular complexity index is 776. The molecule has 2 aliphatic rings. The van der Waals surface area contributed by atoms with Crippen LogP contribution in [0.4, 0.5) is 0 Å². The van der Waals surface area contributed by atoms with Crippen molar-refractivity contribution in [3.63, 3.8) is 0 Å². The summed E-state index contributed by atoms with van der Waals surface area (Å²) in [5, 5.41) is 1.22. The molecule has 1 fully saturated rings. The first-order chi connectivity index (χ1) is 11.6. The van der Waals surface area contributed by atoms with E-state index in [2.05, 4.69) is 44.1 Å². The summed E-state index contributed by atoms with van der Waals surface area (Å²) in [6.45, 7) is 5.79. The number of thiazole rings is 1. The topological polar surface area (TPSA) is 37.7 Å². The molecule has 1 aromatic heterocycles. The number of nitrogens with zero attached hydrogens (tertiary/aromatic N) is 3. The monoisotopic (exact) mass is 343 g/mol. The Morgan fingerprint density at radius 2 is 2.17 bits per heavy atom. The van der Waals surface area contributed by atoms with Gasteiger partial charge in [-0.1, -0.05) is 13.0 Å². The van der Waals surface area contributed by atoms with E-state index in [9.17, 15) is 0 Å². The molecule has 1 aromatic carbocycles. The molecular weight excluding hydrogens is 318 g/mol. The molecule has 0 amide bonds. The van der Waals surface area contributed by atoms with Gasteiger partial charge in [0.05, 0.1) is 28.8 Å². The number of fused-ring (bicyclic) bond motifs is 1. The van der Waals surface area contributed by atoms with Crippen molar-refractivity contribution in [2.45, 2.75) is 25.2 Å². The van der Waals surface area contributed by atoms with E-state index in [1.54, 1.807) is 0 Å². The fourth-order valence-electron chi connectivity index (χ4n) is 3.63. The Morgan fingerprint density at radius 3 is 2.79 bits per heavy atom. The molecule has 5 heteroatoms. The first kappa shape index (κ1) is 16.2. The highest BCUT2D eigenvalue weighted by molar-refractivity contribution is 7.18. The van der Waals surface area contributed by atoms with Gasteiger partial charge in [0.1, 0.15) is 5.01 Å². The van der Waals surface area contributed by atoms with Crippen LogP contribution in [0.3, 0.4) is 0 Å². The number of hydrogen-bond acceptors (Lipinski definition) is 5. The molecule has 0 aliphatic carbocycles. The van der Waals surface area contributed by atoms with Crippen molar-refractivity contribution in [2.24, 2.45) is 10.9 Å². The van der Waals surface area contributed by atoms with Crippen LogP contribution in [-0.4, -0.2) is 56.0 Å². The molecular formula is C19H25N3OS. The fraction of sp³-hybridized carbons (Fsp3) is 0.579. The van der Waals surface area contributed by atoms with E-state index in [0.717, 1.165) is 38.2 Å². The SMILES string of the molecule is C[C@H]1CCC(c2ccc3sc(C4(CN(C)C)COC4)nc3c2)=NC1. The van der Waals surface area contributed by atoms with Crippen LogP contribution < -0.4 is 0 Å². The van der Waals surface area contributed by atoms with E-state index in [4.69, 9.17) is 14.7 Å². The van der Waals surface area contributed by atoms with Crippen molar-refractivity contribution < 1.29 is 4.74 Å². The zero-order valence-electron chi connectivity index (χ0n) is 14.7. The van der Waals surface area contributed by atoms with Gasteiger partial charge in [0, 0.05) is 18.8 Å². The Morgan fingerprint density at radius 1 is 1.33 bits per heavy atom. The third-order valence-electron chi connectivity index (χ3n) is 5.02. The van der Waals surface area contributed by atoms with Gasteiger partial charge in [-0.2, -0.15) is 0 Å². The fourth-order valence-corrected chi connectivity index (χ4v) is 4.72. The van der Waals surface area contributed by atoms with E-state index in [-0.39, 0.29) is 5.41 Å². The van der Waals surface area contributed by atoms with Gasteiger partial charge in [-0.15, -0.1) is 11.3 Å². The van der Waals surface area contributed by atoms with Gasteiger partial charge >= 0.3 is 0 Å². The summed E-state index contributed by atoms with van der Waals surface area (Å²) in [5.41, 5.74) is 3.68. The van der Waals surface area contributed by atoms with Gasteiger partial charge < -0.3 is 9.64 Å². The molecule has 1 atom stereocenters. The highest BCUT2D eigenvalue weighted by atomic mass is 32.1. The van der Waals surface area contributed by atoms with E-state index < -0.39 is 0 Å². The third kappa shape index (κ3) is 2.89. The zero-order chi connectivity index (χ0) is 16.7. The maximum atomic E-state index is 5.54. The summed E-state index contributed by atoms with van der Waals surface area (Å²) < 4.78 is 6.81. The maximum absolute atomic E-state index is 5.54. The number of aliphatic imine (C=N–C) groups is 1. The van der Waals surface area contributed by atoms with E-state index in [0.29, 0.717) is 5.92 Å². The molecule has 0 unspecified atom stereocenters. The van der Waals surface area contributed by atoms with Crippen LogP contribution in [0.2, 0.25) is 0 Å². The van der Waals surface area contributed by atoms with Crippen LogP contribution in [0.5, 0.6) is 0 Å². The average molecular weight is 343 g/mol. The minimum atomic E-state index is 0.0745. The first-order valence-corrected chi connectivity index (χ1v) is 9.55. The molecule has 128 valence electrons. The molecule has 1 saturated heterocycles. The average Bonchev–Trinajstić information content (AvgIpc) is 2.94. The smallest absolute Gasteiger partial charge is 0.106 e. The molecule has 2 aliphatic heterocycles. The maximum Gasteiger partial charge on any atom is 0.106 e. The quantitative estimate of drug-likeness (QED) is 0.854. The number of aromatic nitrogens is 1. The Balaban J connectivity index is 1.66. The number of benzene rings is 1. The van der Waals surface area contributed by atoms with E-state index >= 15 is 0 Å². The van der Waals surface area contributed by atoms with Gasteiger partial charge in [-0.05, 0) is 50.6 Å². The summed E-state index contributed by atoms with van der Waals surface area (Å²) >= 11 is 1.82. The van der Waals surface area contributed by atoms with E-state index in [1.165, 1.54) is 27.4 Å². The Labute approximate surface area is 147 Å². The molecule has 0 saturated carbocycles. The molecule has 24 heavy (non-hydrogen) atoms. The number of ether oxygens (including phenoxy) is 1. The van der Waals surface area contributed by atoms with Crippen molar-refractivity contribution in [3.05, 3.63) is 28.8 Å². The van der Waals surface area contributed by atoms with Gasteiger partial charge in [0.2, 0.25) is 0 Å². The second-order valence-electron chi connectivity index (χ2n) is 7.64. The molecule has 0 radical (unpaired) electrons. The summed E-state index contributed by atoms with van der Waals surface area (Å²) in [4.78, 5) is 12.0. The van der Waals surface area contributed by atoms with Crippen LogP contribution in [0.1, 0.15) is 30.3 Å². The molecule has 2 aromatic rings. The van der Waals surface area contributed by atoms with Crippen LogP contribution in [-0.2, 0) is 10.2 Å². The highest BCUT2D eigenvalue weighted by Gasteiger charge is 2.43. The minimum Gasteiger partial charge on any atom is -0.379 e. The molecule has 0 bridgehead atoms. The lowest BCUT2D eigenvalue weighted by Gasteiger charge is -2.41. The van der Waals surface area contributed by atoms with Crippen LogP contribution in [0.15, 0.2) is 23.2 Å². The predicted octanol–water partition coefficient (Wildman–Crippen LogP) is 3.34. The molecule has 4 nitrogen and oxygen atoms in total. The Kier molecular flexibility index (Phi) is 4.19. The second kappa shape index (κ2) is 6.21. The lowest BCUT2D eigenvalue weighted by molar-refractivity contribution is -0.0698. The Hall–Kier alpha value is -1.30. The molecule has 4 rings (SSSR count). The lowest BCUT2D eigenvalue weighted by atomic mass is 9.86. The zero-order valence-corrected chi connectivity index (χ0v) is 15.5. The van der Waals surface area contributed by atoms with Crippen molar-refractivity contribution >= 4 is 27.3 Å². The lowest BCUT2D eigenvalue weighted by Crippen LogP contribution is -2.53. The number of rotatable bonds is 4. The van der Waals surface area contributed by atoms with Crippen molar-refractivity contribution in [3.8, 4) is 0 Å². The normalized spacial score (nSPS) is 23.3. The number of hydrogen-bond donors (Lipinski definition) is 0. The van der Waals surface area contributed by atoms with Crippen molar-refractivity contribution in [1.82, 2.24) is 9.88 Å².